The van der Waals surface area contributed by atoms with Crippen LogP contribution in [0.1, 0.15) is 21.7 Å². The first-order chi connectivity index (χ1) is 10.2. The molecule has 0 spiro atoms. The van der Waals surface area contributed by atoms with Gasteiger partial charge < -0.3 is 14.2 Å². The fourth-order valence-corrected chi connectivity index (χ4v) is 1.90. The molecule has 1 aromatic heterocycles. The molecule has 21 heavy (non-hydrogen) atoms. The number of carbonyl (C=O) groups is 1. The fraction of sp³-hybridized carbons (Fsp3) is 0.250. The lowest BCUT2D eigenvalue weighted by atomic mass is 10.2. The highest BCUT2D eigenvalue weighted by Gasteiger charge is 2.08. The topological polar surface area (TPSA) is 57.7 Å². The van der Waals surface area contributed by atoms with Crippen LogP contribution in [-0.2, 0) is 6.61 Å². The summed E-state index contributed by atoms with van der Waals surface area (Å²) >= 11 is 0. The number of ether oxygens (including phenoxy) is 3. The smallest absolute Gasteiger partial charge is 0.172 e. The number of nitrogens with zero attached hydrogens (tertiary/aromatic N) is 1. The van der Waals surface area contributed by atoms with Crippen LogP contribution in [0.5, 0.6) is 17.2 Å². The Hall–Kier alpha value is -2.56. The third-order valence-corrected chi connectivity index (χ3v) is 2.98. The molecule has 0 radical (unpaired) electrons. The third kappa shape index (κ3) is 3.51. The summed E-state index contributed by atoms with van der Waals surface area (Å²) in [5.74, 6) is 1.76. The molecule has 0 atom stereocenters. The van der Waals surface area contributed by atoms with Gasteiger partial charge in [0.2, 0.25) is 0 Å². The maximum Gasteiger partial charge on any atom is 0.172 e. The molecule has 0 fully saturated rings. The second-order valence-electron chi connectivity index (χ2n) is 4.43. The zero-order valence-corrected chi connectivity index (χ0v) is 12.3. The maximum absolute atomic E-state index is 11.0. The Bertz CT molecular complexity index is 640. The van der Waals surface area contributed by atoms with E-state index < -0.39 is 0 Å². The summed E-state index contributed by atoms with van der Waals surface area (Å²) in [5, 5.41) is 0. The predicted molar refractivity (Wildman–Crippen MR) is 78.2 cm³/mol. The first kappa shape index (κ1) is 14.8. The van der Waals surface area contributed by atoms with Gasteiger partial charge in [-0.2, -0.15) is 0 Å². The average Bonchev–Trinajstić information content (AvgIpc) is 2.53. The highest BCUT2D eigenvalue weighted by atomic mass is 16.5. The van der Waals surface area contributed by atoms with Crippen LogP contribution in [0.3, 0.4) is 0 Å². The van der Waals surface area contributed by atoms with Gasteiger partial charge in [0.05, 0.1) is 14.2 Å². The van der Waals surface area contributed by atoms with Gasteiger partial charge in [0.15, 0.2) is 17.8 Å². The minimum atomic E-state index is 0.301. The van der Waals surface area contributed by atoms with E-state index in [1.807, 2.05) is 25.1 Å². The summed E-state index contributed by atoms with van der Waals surface area (Å²) in [6, 6.07) is 9.07. The SMILES string of the molecule is COc1ccc(COc2ccc(C)nc2C=O)cc1OC. The second kappa shape index (κ2) is 6.74. The Kier molecular flexibility index (Phi) is 4.77. The second-order valence-corrected chi connectivity index (χ2v) is 4.43. The van der Waals surface area contributed by atoms with Gasteiger partial charge in [-0.3, -0.25) is 4.79 Å². The number of aldehydes is 1. The van der Waals surface area contributed by atoms with Crippen LogP contribution in [0.2, 0.25) is 0 Å². The van der Waals surface area contributed by atoms with Crippen molar-refractivity contribution in [3.05, 3.63) is 47.3 Å². The molecule has 0 bridgehead atoms. The van der Waals surface area contributed by atoms with Gasteiger partial charge in [-0.25, -0.2) is 4.98 Å². The van der Waals surface area contributed by atoms with Crippen molar-refractivity contribution in [2.24, 2.45) is 0 Å². The van der Waals surface area contributed by atoms with Crippen LogP contribution in [0, 0.1) is 6.92 Å². The third-order valence-electron chi connectivity index (χ3n) is 2.98. The Balaban J connectivity index is 2.15. The van der Waals surface area contributed by atoms with E-state index in [0.717, 1.165) is 11.3 Å². The number of rotatable bonds is 6. The Labute approximate surface area is 123 Å². The summed E-state index contributed by atoms with van der Waals surface area (Å²) in [6.45, 7) is 2.14. The number of hydrogen-bond donors (Lipinski definition) is 0. The zero-order valence-electron chi connectivity index (χ0n) is 12.3. The van der Waals surface area contributed by atoms with Crippen LogP contribution in [0.4, 0.5) is 0 Å². The molecular weight excluding hydrogens is 270 g/mol. The first-order valence-electron chi connectivity index (χ1n) is 6.44. The van der Waals surface area contributed by atoms with Gasteiger partial charge in [-0.15, -0.1) is 0 Å². The van der Waals surface area contributed by atoms with Gasteiger partial charge in [-0.05, 0) is 36.8 Å². The van der Waals surface area contributed by atoms with Crippen molar-refractivity contribution in [2.75, 3.05) is 14.2 Å². The first-order valence-corrected chi connectivity index (χ1v) is 6.44. The van der Waals surface area contributed by atoms with Crippen molar-refractivity contribution in [3.63, 3.8) is 0 Å². The molecule has 0 saturated heterocycles. The molecule has 0 unspecified atom stereocenters. The number of aromatic nitrogens is 1. The van der Waals surface area contributed by atoms with Crippen molar-refractivity contribution in [1.29, 1.82) is 0 Å². The summed E-state index contributed by atoms with van der Waals surface area (Å²) in [4.78, 5) is 15.1. The van der Waals surface area contributed by atoms with Crippen LogP contribution in [0.25, 0.3) is 0 Å². The minimum absolute atomic E-state index is 0.301. The number of aryl methyl sites for hydroxylation is 1. The van der Waals surface area contributed by atoms with E-state index in [4.69, 9.17) is 14.2 Å². The molecule has 1 heterocycles. The Morgan fingerprint density at radius 2 is 1.76 bits per heavy atom. The van der Waals surface area contributed by atoms with Gasteiger partial charge >= 0.3 is 0 Å². The number of benzene rings is 1. The molecule has 2 rings (SSSR count). The average molecular weight is 287 g/mol. The van der Waals surface area contributed by atoms with Crippen molar-refractivity contribution in [1.82, 2.24) is 4.98 Å². The highest BCUT2D eigenvalue weighted by Crippen LogP contribution is 2.28. The highest BCUT2D eigenvalue weighted by molar-refractivity contribution is 5.76. The van der Waals surface area contributed by atoms with Crippen molar-refractivity contribution in [3.8, 4) is 17.2 Å². The summed E-state index contributed by atoms with van der Waals surface area (Å²) < 4.78 is 16.1. The van der Waals surface area contributed by atoms with E-state index in [-0.39, 0.29) is 0 Å². The molecule has 5 nitrogen and oxygen atoms in total. The van der Waals surface area contributed by atoms with E-state index >= 15 is 0 Å². The molecule has 0 aliphatic carbocycles. The van der Waals surface area contributed by atoms with Gasteiger partial charge in [0, 0.05) is 5.69 Å². The van der Waals surface area contributed by atoms with Crippen molar-refractivity contribution >= 4 is 6.29 Å². The number of pyridine rings is 1. The summed E-state index contributed by atoms with van der Waals surface area (Å²) in [7, 11) is 3.17. The van der Waals surface area contributed by atoms with Gasteiger partial charge in [0.1, 0.15) is 18.1 Å². The van der Waals surface area contributed by atoms with Crippen LogP contribution in [0.15, 0.2) is 30.3 Å². The standard InChI is InChI=1S/C16H17NO4/c1-11-4-6-14(13(9-18)17-11)21-10-12-5-7-15(19-2)16(8-12)20-3/h4-9H,10H2,1-3H3. The number of methoxy groups -OCH3 is 2. The summed E-state index contributed by atoms with van der Waals surface area (Å²) in [5.41, 5.74) is 1.98. The lowest BCUT2D eigenvalue weighted by Gasteiger charge is -2.11. The van der Waals surface area contributed by atoms with Crippen molar-refractivity contribution < 1.29 is 19.0 Å². The quantitative estimate of drug-likeness (QED) is 0.765. The van der Waals surface area contributed by atoms with Crippen LogP contribution >= 0.6 is 0 Å². The summed E-state index contributed by atoms with van der Waals surface area (Å²) in [6.07, 6.45) is 0.691. The van der Waals surface area contributed by atoms with Crippen LogP contribution < -0.4 is 14.2 Å². The molecule has 2 aromatic rings. The lowest BCUT2D eigenvalue weighted by Crippen LogP contribution is -2.01. The minimum Gasteiger partial charge on any atom is -0.493 e. The molecule has 110 valence electrons. The molecule has 0 amide bonds. The Morgan fingerprint density at radius 1 is 1.05 bits per heavy atom. The Morgan fingerprint density at radius 3 is 2.43 bits per heavy atom. The number of carbonyl (C=O) groups excluding carboxylic acids is 1. The van der Waals surface area contributed by atoms with E-state index in [0.29, 0.717) is 35.8 Å². The van der Waals surface area contributed by atoms with E-state index in [1.165, 1.54) is 0 Å². The molecule has 0 saturated carbocycles. The predicted octanol–water partition coefficient (Wildman–Crippen LogP) is 2.80. The van der Waals surface area contributed by atoms with E-state index in [9.17, 15) is 4.79 Å². The zero-order chi connectivity index (χ0) is 15.2. The maximum atomic E-state index is 11.0. The molecule has 1 aromatic carbocycles. The van der Waals surface area contributed by atoms with Crippen molar-refractivity contribution in [2.45, 2.75) is 13.5 Å². The van der Waals surface area contributed by atoms with Crippen LogP contribution in [-0.4, -0.2) is 25.5 Å². The molecule has 0 aliphatic heterocycles. The molecule has 0 aliphatic rings. The van der Waals surface area contributed by atoms with Gasteiger partial charge in [-0.1, -0.05) is 6.07 Å². The molecule has 5 heteroatoms. The molecular formula is C16H17NO4. The normalized spacial score (nSPS) is 10.0. The lowest BCUT2D eigenvalue weighted by molar-refractivity contribution is 0.111. The largest absolute Gasteiger partial charge is 0.493 e. The molecule has 0 N–H and O–H groups in total. The van der Waals surface area contributed by atoms with E-state index in [2.05, 4.69) is 4.98 Å². The fourth-order valence-electron chi connectivity index (χ4n) is 1.90. The van der Waals surface area contributed by atoms with Gasteiger partial charge in [0.25, 0.3) is 0 Å². The number of hydrogen-bond acceptors (Lipinski definition) is 5. The monoisotopic (exact) mass is 287 g/mol. The van der Waals surface area contributed by atoms with E-state index in [1.54, 1.807) is 26.4 Å².